The number of amides is 1. The molecule has 1 aliphatic heterocycles. The molecule has 0 aliphatic carbocycles. The molecule has 1 N–H and O–H groups in total. The molecule has 0 spiro atoms. The Bertz CT molecular complexity index is 1210. The first-order valence-corrected chi connectivity index (χ1v) is 13.1. The number of likely N-dealkylation sites (tertiary alicyclic amines) is 1. The van der Waals surface area contributed by atoms with Crippen LogP contribution in [0.25, 0.3) is 10.9 Å². The van der Waals surface area contributed by atoms with Gasteiger partial charge in [-0.25, -0.2) is 8.42 Å². The summed E-state index contributed by atoms with van der Waals surface area (Å²) in [5.74, 6) is 2.04. The molecule has 2 aromatic carbocycles. The first-order chi connectivity index (χ1) is 15.8. The van der Waals surface area contributed by atoms with Gasteiger partial charge in [0.1, 0.15) is 11.5 Å². The van der Waals surface area contributed by atoms with Gasteiger partial charge < -0.3 is 19.4 Å². The Morgan fingerprint density at radius 3 is 2.45 bits per heavy atom. The van der Waals surface area contributed by atoms with Crippen molar-refractivity contribution in [3.8, 4) is 11.5 Å². The predicted octanol–water partition coefficient (Wildman–Crippen LogP) is 4.15. The average Bonchev–Trinajstić information content (AvgIpc) is 3.24. The Kier molecular flexibility index (Phi) is 6.93. The number of fused-ring (bicyclic) bond motifs is 1. The number of aromatic nitrogens is 1. The van der Waals surface area contributed by atoms with Crippen LogP contribution in [0.3, 0.4) is 0 Å². The Balaban J connectivity index is 1.23. The van der Waals surface area contributed by atoms with E-state index < -0.39 is 9.84 Å². The number of hydrogen-bond donors (Lipinski definition) is 1. The third kappa shape index (κ3) is 5.50. The van der Waals surface area contributed by atoms with Gasteiger partial charge in [-0.3, -0.25) is 4.79 Å². The van der Waals surface area contributed by atoms with Crippen LogP contribution < -0.4 is 9.47 Å². The lowest BCUT2D eigenvalue weighted by atomic mass is 9.89. The quantitative estimate of drug-likeness (QED) is 0.500. The smallest absolute Gasteiger partial charge is 0.222 e. The number of hydrogen-bond acceptors (Lipinski definition) is 5. The molecule has 1 aromatic heterocycles. The van der Waals surface area contributed by atoms with E-state index in [4.69, 9.17) is 9.47 Å². The van der Waals surface area contributed by atoms with Crippen LogP contribution in [0.4, 0.5) is 0 Å². The van der Waals surface area contributed by atoms with Gasteiger partial charge in [0.15, 0.2) is 9.84 Å². The standard InChI is InChI=1S/C25H30N2O5S/c1-31-20-7-10-24-22(16-20)23(17-26-24)18-11-13-27(14-12-18)25(28)4-3-15-32-19-5-8-21(9-6-19)33(2,29)30/h5-10,16-18,26H,3-4,11-15H2,1-2H3. The lowest BCUT2D eigenvalue weighted by Crippen LogP contribution is -2.37. The molecule has 1 amide bonds. The summed E-state index contributed by atoms with van der Waals surface area (Å²) in [4.78, 5) is 18.2. The topological polar surface area (TPSA) is 88.7 Å². The summed E-state index contributed by atoms with van der Waals surface area (Å²) in [6.45, 7) is 1.93. The van der Waals surface area contributed by atoms with E-state index in [0.29, 0.717) is 31.1 Å². The van der Waals surface area contributed by atoms with Gasteiger partial charge in [-0.05, 0) is 73.2 Å². The highest BCUT2D eigenvalue weighted by Gasteiger charge is 2.25. The van der Waals surface area contributed by atoms with Gasteiger partial charge in [0.05, 0.1) is 18.6 Å². The van der Waals surface area contributed by atoms with Crippen LogP contribution in [0, 0.1) is 0 Å². The van der Waals surface area contributed by atoms with Crippen molar-refractivity contribution in [2.45, 2.75) is 36.5 Å². The summed E-state index contributed by atoms with van der Waals surface area (Å²) in [6, 6.07) is 12.4. The molecule has 4 rings (SSSR count). The number of methoxy groups -OCH3 is 1. The fourth-order valence-electron chi connectivity index (χ4n) is 4.38. The maximum atomic E-state index is 12.6. The summed E-state index contributed by atoms with van der Waals surface area (Å²) < 4.78 is 34.1. The molecule has 1 saturated heterocycles. The minimum atomic E-state index is -3.21. The largest absolute Gasteiger partial charge is 0.497 e. The molecule has 0 radical (unpaired) electrons. The second-order valence-corrected chi connectivity index (χ2v) is 10.5. The second-order valence-electron chi connectivity index (χ2n) is 8.51. The van der Waals surface area contributed by atoms with Crippen LogP contribution in [0.5, 0.6) is 11.5 Å². The summed E-state index contributed by atoms with van der Waals surface area (Å²) in [5, 5.41) is 1.20. The first-order valence-electron chi connectivity index (χ1n) is 11.2. The number of benzene rings is 2. The fraction of sp³-hybridized carbons (Fsp3) is 0.400. The average molecular weight is 471 g/mol. The molecule has 1 fully saturated rings. The number of piperidine rings is 1. The molecule has 7 nitrogen and oxygen atoms in total. The molecule has 0 atom stereocenters. The number of carbonyl (C=O) groups excluding carboxylic acids is 1. The Labute approximate surface area is 194 Å². The lowest BCUT2D eigenvalue weighted by Gasteiger charge is -2.32. The van der Waals surface area contributed by atoms with E-state index in [2.05, 4.69) is 17.2 Å². The van der Waals surface area contributed by atoms with Crippen molar-refractivity contribution in [1.82, 2.24) is 9.88 Å². The van der Waals surface area contributed by atoms with Crippen molar-refractivity contribution in [3.63, 3.8) is 0 Å². The summed E-state index contributed by atoms with van der Waals surface area (Å²) in [6.07, 6.45) is 6.21. The number of H-pyrrole nitrogens is 1. The zero-order valence-electron chi connectivity index (χ0n) is 19.0. The number of ether oxygens (including phenoxy) is 2. The van der Waals surface area contributed by atoms with Gasteiger partial charge in [0.2, 0.25) is 5.91 Å². The molecular formula is C25H30N2O5S. The number of sulfone groups is 1. The molecule has 176 valence electrons. The SMILES string of the molecule is COc1ccc2[nH]cc(C3CCN(C(=O)CCCOc4ccc(S(C)(=O)=O)cc4)CC3)c2c1. The second kappa shape index (κ2) is 9.87. The van der Waals surface area contributed by atoms with Gasteiger partial charge in [0, 0.05) is 42.9 Å². The molecule has 0 unspecified atom stereocenters. The van der Waals surface area contributed by atoms with Crippen LogP contribution in [-0.4, -0.2) is 57.3 Å². The maximum Gasteiger partial charge on any atom is 0.222 e. The number of aromatic amines is 1. The molecule has 2 heterocycles. The third-order valence-electron chi connectivity index (χ3n) is 6.26. The summed E-state index contributed by atoms with van der Waals surface area (Å²) in [5.41, 5.74) is 2.40. The molecule has 3 aromatic rings. The zero-order valence-corrected chi connectivity index (χ0v) is 19.9. The maximum absolute atomic E-state index is 12.6. The van der Waals surface area contributed by atoms with Crippen molar-refractivity contribution in [3.05, 3.63) is 54.2 Å². The Morgan fingerprint density at radius 1 is 1.09 bits per heavy atom. The number of nitrogens with one attached hydrogen (secondary N) is 1. The van der Waals surface area contributed by atoms with Crippen LogP contribution in [0.2, 0.25) is 0 Å². The van der Waals surface area contributed by atoms with Crippen LogP contribution in [-0.2, 0) is 14.6 Å². The fourth-order valence-corrected chi connectivity index (χ4v) is 5.01. The van der Waals surface area contributed by atoms with Crippen molar-refractivity contribution in [2.24, 2.45) is 0 Å². The molecule has 33 heavy (non-hydrogen) atoms. The zero-order chi connectivity index (χ0) is 23.4. The van der Waals surface area contributed by atoms with E-state index in [-0.39, 0.29) is 10.8 Å². The monoisotopic (exact) mass is 470 g/mol. The molecule has 0 saturated carbocycles. The van der Waals surface area contributed by atoms with Crippen LogP contribution >= 0.6 is 0 Å². The summed E-state index contributed by atoms with van der Waals surface area (Å²) in [7, 11) is -1.54. The van der Waals surface area contributed by atoms with Gasteiger partial charge in [-0.2, -0.15) is 0 Å². The molecule has 1 aliphatic rings. The van der Waals surface area contributed by atoms with E-state index in [9.17, 15) is 13.2 Å². The number of rotatable bonds is 8. The first kappa shape index (κ1) is 23.2. The van der Waals surface area contributed by atoms with Crippen molar-refractivity contribution in [2.75, 3.05) is 33.1 Å². The van der Waals surface area contributed by atoms with Crippen LogP contribution in [0.1, 0.15) is 37.2 Å². The van der Waals surface area contributed by atoms with Gasteiger partial charge in [-0.1, -0.05) is 0 Å². The van der Waals surface area contributed by atoms with Crippen molar-refractivity contribution in [1.29, 1.82) is 0 Å². The molecule has 8 heteroatoms. The Morgan fingerprint density at radius 2 is 1.79 bits per heavy atom. The third-order valence-corrected chi connectivity index (χ3v) is 7.39. The van der Waals surface area contributed by atoms with E-state index in [1.165, 1.54) is 29.3 Å². The van der Waals surface area contributed by atoms with Crippen molar-refractivity contribution < 1.29 is 22.7 Å². The number of carbonyl (C=O) groups is 1. The highest BCUT2D eigenvalue weighted by atomic mass is 32.2. The predicted molar refractivity (Wildman–Crippen MR) is 128 cm³/mol. The Hall–Kier alpha value is -3.00. The highest BCUT2D eigenvalue weighted by Crippen LogP contribution is 2.34. The highest BCUT2D eigenvalue weighted by molar-refractivity contribution is 7.90. The van der Waals surface area contributed by atoms with Crippen molar-refractivity contribution >= 4 is 26.6 Å². The van der Waals surface area contributed by atoms with E-state index in [1.807, 2.05) is 17.0 Å². The molecular weight excluding hydrogens is 440 g/mol. The lowest BCUT2D eigenvalue weighted by molar-refractivity contribution is -0.132. The van der Waals surface area contributed by atoms with Crippen LogP contribution in [0.15, 0.2) is 53.6 Å². The van der Waals surface area contributed by atoms with Gasteiger partial charge in [0.25, 0.3) is 0 Å². The summed E-state index contributed by atoms with van der Waals surface area (Å²) >= 11 is 0. The minimum Gasteiger partial charge on any atom is -0.497 e. The van der Waals surface area contributed by atoms with Gasteiger partial charge in [-0.15, -0.1) is 0 Å². The number of nitrogens with zero attached hydrogens (tertiary/aromatic N) is 1. The van der Waals surface area contributed by atoms with E-state index >= 15 is 0 Å². The minimum absolute atomic E-state index is 0.157. The van der Waals surface area contributed by atoms with E-state index in [1.54, 1.807) is 19.2 Å². The van der Waals surface area contributed by atoms with E-state index in [0.717, 1.165) is 37.2 Å². The molecule has 0 bridgehead atoms. The normalized spacial score (nSPS) is 15.0. The van der Waals surface area contributed by atoms with Gasteiger partial charge >= 0.3 is 0 Å².